The third-order valence-electron chi connectivity index (χ3n) is 13.1. The zero-order chi connectivity index (χ0) is 56.3. The molecule has 3 saturated heterocycles. The van der Waals surface area contributed by atoms with Gasteiger partial charge in [0.2, 0.25) is 59.1 Å². The minimum Gasteiger partial charge on any atom is -0.480 e. The van der Waals surface area contributed by atoms with Crippen LogP contribution in [0.3, 0.4) is 0 Å². The van der Waals surface area contributed by atoms with Crippen LogP contribution in [-0.4, -0.2) is 201 Å². The van der Waals surface area contributed by atoms with E-state index in [1.807, 2.05) is 13.8 Å². The lowest BCUT2D eigenvalue weighted by Crippen LogP contribution is -2.60. The van der Waals surface area contributed by atoms with Crippen molar-refractivity contribution in [3.8, 4) is 0 Å². The highest BCUT2D eigenvalue weighted by molar-refractivity contribution is 5.99. The summed E-state index contributed by atoms with van der Waals surface area (Å²) in [6.07, 6.45) is 1.56. The van der Waals surface area contributed by atoms with Crippen LogP contribution in [0.2, 0.25) is 0 Å². The largest absolute Gasteiger partial charge is 0.480 e. The van der Waals surface area contributed by atoms with Gasteiger partial charge in [0.1, 0.15) is 60.4 Å². The summed E-state index contributed by atoms with van der Waals surface area (Å²) in [5, 5.41) is 44.3. The van der Waals surface area contributed by atoms with Crippen LogP contribution in [0.5, 0.6) is 0 Å². The van der Waals surface area contributed by atoms with Gasteiger partial charge in [-0.1, -0.05) is 27.7 Å². The zero-order valence-corrected chi connectivity index (χ0v) is 43.6. The molecule has 3 rings (SSSR count). The van der Waals surface area contributed by atoms with E-state index >= 15 is 0 Å². The van der Waals surface area contributed by atoms with Crippen LogP contribution in [-0.2, 0) is 52.7 Å². The molecule has 3 aliphatic rings. The van der Waals surface area contributed by atoms with Gasteiger partial charge < -0.3 is 84.9 Å². The molecule has 0 radical (unpaired) electrons. The molecule has 0 saturated carbocycles. The van der Waals surface area contributed by atoms with E-state index in [1.165, 1.54) is 16.7 Å². The predicted molar refractivity (Wildman–Crippen MR) is 268 cm³/mol. The van der Waals surface area contributed by atoms with E-state index in [0.29, 0.717) is 25.7 Å². The SMILES string of the molecule is CC(C)C[C@H](NC(=O)[C@H](C)NC(=O)[C@H](CCCN=C(N)N)NC(=O)[C@@H]1CCCN1C(=O)[C@@H]1CCCN1C(=O)[C@H](CC(C)C)NC(=O)[C@@H](N)CO)C(=O)N[C@@H](CCC(N)=O)C(=O)N[C@@H](CO)C(=O)N1CCC[C@H]1C(=O)O. The van der Waals surface area contributed by atoms with Crippen molar-refractivity contribution < 1.29 is 68.1 Å². The maximum atomic E-state index is 14.3. The van der Waals surface area contributed by atoms with Gasteiger partial charge in [-0.25, -0.2) is 4.79 Å². The number of primary amides is 1. The molecule has 28 heteroatoms. The van der Waals surface area contributed by atoms with E-state index in [1.54, 1.807) is 13.8 Å². The van der Waals surface area contributed by atoms with Crippen molar-refractivity contribution in [2.45, 2.75) is 172 Å². The maximum Gasteiger partial charge on any atom is 0.326 e. The first-order valence-electron chi connectivity index (χ1n) is 25.6. The first-order valence-corrected chi connectivity index (χ1v) is 25.6. The normalized spacial score (nSPS) is 20.2. The first-order chi connectivity index (χ1) is 35.3. The van der Waals surface area contributed by atoms with Crippen molar-refractivity contribution in [1.82, 2.24) is 46.6 Å². The van der Waals surface area contributed by atoms with Crippen molar-refractivity contribution in [2.75, 3.05) is 39.4 Å². The molecule has 0 spiro atoms. The fourth-order valence-corrected chi connectivity index (χ4v) is 9.23. The van der Waals surface area contributed by atoms with Crippen molar-refractivity contribution in [3.05, 3.63) is 0 Å². The molecule has 0 bridgehead atoms. The predicted octanol–water partition coefficient (Wildman–Crippen LogP) is -5.30. The summed E-state index contributed by atoms with van der Waals surface area (Å²) in [4.78, 5) is 155. The Morgan fingerprint density at radius 2 is 1.04 bits per heavy atom. The van der Waals surface area contributed by atoms with Gasteiger partial charge in [0, 0.05) is 32.6 Å². The number of carboxylic acids is 1. The van der Waals surface area contributed by atoms with Gasteiger partial charge in [-0.3, -0.25) is 52.9 Å². The van der Waals surface area contributed by atoms with E-state index < -0.39 is 145 Å². The van der Waals surface area contributed by atoms with Crippen LogP contribution in [0.4, 0.5) is 0 Å². The number of aliphatic carboxylic acids is 1. The lowest BCUT2D eigenvalue weighted by Gasteiger charge is -2.34. The summed E-state index contributed by atoms with van der Waals surface area (Å²) in [6.45, 7) is 7.48. The fourth-order valence-electron chi connectivity index (χ4n) is 9.23. The number of carbonyl (C=O) groups excluding carboxylic acids is 10. The van der Waals surface area contributed by atoms with Crippen molar-refractivity contribution in [1.29, 1.82) is 0 Å². The molecule has 0 aromatic carbocycles. The van der Waals surface area contributed by atoms with E-state index in [9.17, 15) is 68.1 Å². The Balaban J connectivity index is 1.77. The van der Waals surface area contributed by atoms with Gasteiger partial charge in [0.05, 0.1) is 13.2 Å². The minimum atomic E-state index is -1.60. The van der Waals surface area contributed by atoms with Crippen LogP contribution in [0.1, 0.15) is 112 Å². The third-order valence-corrected chi connectivity index (χ3v) is 13.1. The molecule has 75 heavy (non-hydrogen) atoms. The Morgan fingerprint density at radius 1 is 0.560 bits per heavy atom. The Morgan fingerprint density at radius 3 is 1.60 bits per heavy atom. The summed E-state index contributed by atoms with van der Waals surface area (Å²) in [6, 6.07) is -12.6. The Bertz CT molecular complexity index is 2090. The molecule has 10 amide bonds. The van der Waals surface area contributed by atoms with E-state index in [2.05, 4.69) is 36.9 Å². The molecule has 28 nitrogen and oxygen atoms in total. The van der Waals surface area contributed by atoms with Crippen LogP contribution in [0, 0.1) is 11.8 Å². The van der Waals surface area contributed by atoms with E-state index in [-0.39, 0.29) is 88.9 Å². The number of aliphatic imine (C=N–C) groups is 1. The number of guanidine groups is 1. The van der Waals surface area contributed by atoms with Gasteiger partial charge in [0.15, 0.2) is 5.96 Å². The quantitative estimate of drug-likeness (QED) is 0.0189. The highest BCUT2D eigenvalue weighted by Crippen LogP contribution is 2.27. The van der Waals surface area contributed by atoms with Crippen LogP contribution in [0.25, 0.3) is 0 Å². The van der Waals surface area contributed by atoms with Gasteiger partial charge in [-0.05, 0) is 89.4 Å². The third kappa shape index (κ3) is 18.9. The van der Waals surface area contributed by atoms with Crippen molar-refractivity contribution >= 4 is 71.0 Å². The summed E-state index contributed by atoms with van der Waals surface area (Å²) in [7, 11) is 0. The standard InChI is InChI=1S/C47H80N14O14/c1-24(2)20-30(41(69)54-29(14-15-36(49)64)40(68)58-32(23-63)44(72)61-19-9-13-35(61)46(74)75)56-37(65)26(5)53-39(67)28(10-6-16-52-47(50)51)55-42(70)33-11-7-17-59(33)45(73)34-12-8-18-60(34)43(71)31(21-25(3)4)57-38(66)27(48)22-62/h24-35,62-63H,6-23,48H2,1-5H3,(H2,49,64)(H,53,67)(H,54,69)(H,55,70)(H,56,65)(H,57,66)(H,58,68)(H,74,75)(H4,50,51,52)/t26-,27-,28-,29-,30-,31-,32-,33-,34-,35-/m0/s1. The number of carboxylic acid groups (broad SMARTS) is 1. The smallest absolute Gasteiger partial charge is 0.326 e. The lowest BCUT2D eigenvalue weighted by atomic mass is 10.0. The highest BCUT2D eigenvalue weighted by atomic mass is 16.4. The number of amides is 10. The molecule has 3 aliphatic heterocycles. The van der Waals surface area contributed by atoms with E-state index in [4.69, 9.17) is 22.9 Å². The molecule has 422 valence electrons. The molecule has 0 aromatic heterocycles. The van der Waals surface area contributed by atoms with Crippen molar-refractivity contribution in [3.63, 3.8) is 0 Å². The number of hydrogen-bond donors (Lipinski definition) is 13. The number of nitrogens with one attached hydrogen (secondary N) is 6. The average molecular weight is 1070 g/mol. The molecule has 17 N–H and O–H groups in total. The lowest BCUT2D eigenvalue weighted by molar-refractivity contribution is -0.150. The van der Waals surface area contributed by atoms with Gasteiger partial charge in [0.25, 0.3) is 0 Å². The molecule has 10 atom stereocenters. The second kappa shape index (κ2) is 30.0. The van der Waals surface area contributed by atoms with Crippen LogP contribution in [0.15, 0.2) is 4.99 Å². The highest BCUT2D eigenvalue weighted by Gasteiger charge is 2.45. The maximum absolute atomic E-state index is 14.3. The van der Waals surface area contributed by atoms with Gasteiger partial charge in [-0.15, -0.1) is 0 Å². The Labute approximate surface area is 436 Å². The number of likely N-dealkylation sites (tertiary alicyclic amines) is 3. The molecule has 0 aliphatic carbocycles. The second-order valence-electron chi connectivity index (χ2n) is 20.1. The number of nitrogens with zero attached hydrogens (tertiary/aromatic N) is 4. The summed E-state index contributed by atoms with van der Waals surface area (Å²) >= 11 is 0. The molecule has 0 aromatic rings. The summed E-state index contributed by atoms with van der Waals surface area (Å²) in [5.74, 6) is -9.43. The second-order valence-corrected chi connectivity index (χ2v) is 20.1. The van der Waals surface area contributed by atoms with Gasteiger partial charge in [-0.2, -0.15) is 0 Å². The number of rotatable bonds is 29. The molecule has 3 heterocycles. The van der Waals surface area contributed by atoms with E-state index in [0.717, 1.165) is 4.90 Å². The number of aliphatic hydroxyl groups excluding tert-OH is 2. The Hall–Kier alpha value is -6.68. The van der Waals surface area contributed by atoms with Gasteiger partial charge >= 0.3 is 5.97 Å². The number of carbonyl (C=O) groups is 11. The van der Waals surface area contributed by atoms with Crippen molar-refractivity contribution in [2.24, 2.45) is 39.8 Å². The molecule has 0 unspecified atom stereocenters. The molecular formula is C47H80N14O14. The topological polar surface area (TPSA) is 447 Å². The number of nitrogens with two attached hydrogens (primary N) is 4. The average Bonchev–Trinajstić information content (AvgIpc) is 4.16. The number of aliphatic hydroxyl groups is 2. The van der Waals surface area contributed by atoms with Crippen LogP contribution < -0.4 is 54.8 Å². The number of hydrogen-bond acceptors (Lipinski definition) is 15. The molecular weight excluding hydrogens is 985 g/mol. The molecule has 3 fully saturated rings. The zero-order valence-electron chi connectivity index (χ0n) is 43.6. The first kappa shape index (κ1) is 62.6. The summed E-state index contributed by atoms with van der Waals surface area (Å²) in [5.41, 5.74) is 22.0. The van der Waals surface area contributed by atoms with Crippen LogP contribution >= 0.6 is 0 Å². The monoisotopic (exact) mass is 1060 g/mol. The Kier molecular flexibility index (Phi) is 25.1. The fraction of sp³-hybridized carbons (Fsp3) is 0.745. The minimum absolute atomic E-state index is 0.00691. The summed E-state index contributed by atoms with van der Waals surface area (Å²) < 4.78 is 0.